The van der Waals surface area contributed by atoms with Crippen molar-refractivity contribution in [1.82, 2.24) is 9.80 Å². The van der Waals surface area contributed by atoms with Gasteiger partial charge < -0.3 is 10.6 Å². The molecule has 5 heteroatoms. The van der Waals surface area contributed by atoms with Crippen LogP contribution in [0, 0.1) is 6.92 Å². The third-order valence-electron chi connectivity index (χ3n) is 6.80. The highest BCUT2D eigenvalue weighted by molar-refractivity contribution is 6.30. The van der Waals surface area contributed by atoms with Gasteiger partial charge in [0.2, 0.25) is 5.91 Å². The predicted octanol–water partition coefficient (Wildman–Crippen LogP) is 3.52. The highest BCUT2D eigenvalue weighted by Gasteiger charge is 2.44. The van der Waals surface area contributed by atoms with Crippen molar-refractivity contribution in [2.24, 2.45) is 5.73 Å². The fourth-order valence-electron chi connectivity index (χ4n) is 5.04. The van der Waals surface area contributed by atoms with E-state index in [9.17, 15) is 4.79 Å². The fourth-order valence-corrected chi connectivity index (χ4v) is 5.16. The topological polar surface area (TPSA) is 49.6 Å². The van der Waals surface area contributed by atoms with Crippen LogP contribution in [-0.2, 0) is 23.2 Å². The van der Waals surface area contributed by atoms with Crippen LogP contribution in [0.5, 0.6) is 0 Å². The lowest BCUT2D eigenvalue weighted by Gasteiger charge is -2.51. The molecular formula is C24H30ClN3O. The first-order valence-corrected chi connectivity index (χ1v) is 10.9. The average molecular weight is 412 g/mol. The van der Waals surface area contributed by atoms with Gasteiger partial charge in [0.25, 0.3) is 0 Å². The number of hydrogen-bond donors (Lipinski definition) is 1. The molecule has 29 heavy (non-hydrogen) atoms. The Labute approximate surface area is 178 Å². The van der Waals surface area contributed by atoms with E-state index in [-0.39, 0.29) is 11.4 Å². The molecule has 4 nitrogen and oxygen atoms in total. The van der Waals surface area contributed by atoms with Crippen LogP contribution in [0.3, 0.4) is 0 Å². The smallest absolute Gasteiger partial charge is 0.239 e. The Morgan fingerprint density at radius 1 is 1.14 bits per heavy atom. The summed E-state index contributed by atoms with van der Waals surface area (Å²) in [5, 5.41) is 0.696. The van der Waals surface area contributed by atoms with E-state index < -0.39 is 6.04 Å². The number of halogens is 1. The van der Waals surface area contributed by atoms with E-state index in [1.807, 2.05) is 29.2 Å². The van der Waals surface area contributed by atoms with Crippen LogP contribution < -0.4 is 5.73 Å². The maximum atomic E-state index is 13.0. The molecule has 1 saturated heterocycles. The number of hydrogen-bond acceptors (Lipinski definition) is 3. The molecule has 2 aromatic rings. The summed E-state index contributed by atoms with van der Waals surface area (Å²) in [6.45, 7) is 4.74. The van der Waals surface area contributed by atoms with Gasteiger partial charge in [0.1, 0.15) is 0 Å². The van der Waals surface area contributed by atoms with E-state index in [1.165, 1.54) is 16.7 Å². The minimum absolute atomic E-state index is 0.0400. The number of nitrogens with zero attached hydrogens (tertiary/aromatic N) is 2. The van der Waals surface area contributed by atoms with Crippen LogP contribution in [0.25, 0.3) is 0 Å². The van der Waals surface area contributed by atoms with Crippen molar-refractivity contribution in [3.05, 3.63) is 69.7 Å². The second kappa shape index (κ2) is 8.10. The van der Waals surface area contributed by atoms with E-state index >= 15 is 0 Å². The number of carbonyl (C=O) groups is 1. The number of carbonyl (C=O) groups excluding carboxylic acids is 1. The van der Waals surface area contributed by atoms with Crippen LogP contribution in [-0.4, -0.2) is 48.4 Å². The fraction of sp³-hybridized carbons (Fsp3) is 0.458. The zero-order valence-corrected chi connectivity index (χ0v) is 18.1. The third kappa shape index (κ3) is 3.94. The van der Waals surface area contributed by atoms with Crippen LogP contribution >= 0.6 is 11.6 Å². The number of amides is 1. The van der Waals surface area contributed by atoms with Crippen molar-refractivity contribution in [3.8, 4) is 0 Å². The van der Waals surface area contributed by atoms with Gasteiger partial charge in [-0.05, 0) is 68.5 Å². The lowest BCUT2D eigenvalue weighted by Crippen LogP contribution is -2.57. The molecule has 1 fully saturated rings. The zero-order valence-electron chi connectivity index (χ0n) is 17.3. The quantitative estimate of drug-likeness (QED) is 0.840. The standard InChI is InChI=1S/C24H30ClN3O/c1-17-3-8-21-19(15-17)9-12-27(2)24(21)10-13-28(14-11-24)23(29)22(26)16-18-4-6-20(25)7-5-18/h3-8,15,22H,9-14,16,26H2,1-2H3. The number of aryl methyl sites for hydroxylation is 1. The Hall–Kier alpha value is -1.88. The van der Waals surface area contributed by atoms with Crippen molar-refractivity contribution in [1.29, 1.82) is 0 Å². The number of fused-ring (bicyclic) bond motifs is 2. The lowest BCUT2D eigenvalue weighted by atomic mass is 9.74. The van der Waals surface area contributed by atoms with Gasteiger partial charge in [0.15, 0.2) is 0 Å². The molecule has 1 amide bonds. The van der Waals surface area contributed by atoms with Crippen LogP contribution in [0.2, 0.25) is 5.02 Å². The highest BCUT2D eigenvalue weighted by atomic mass is 35.5. The molecule has 2 heterocycles. The molecule has 1 spiro atoms. The first kappa shape index (κ1) is 20.4. The first-order chi connectivity index (χ1) is 13.9. The second-order valence-corrected chi connectivity index (χ2v) is 9.06. The maximum absolute atomic E-state index is 13.0. The van der Waals surface area contributed by atoms with Gasteiger partial charge in [-0.25, -0.2) is 0 Å². The molecule has 0 aromatic heterocycles. The third-order valence-corrected chi connectivity index (χ3v) is 7.05. The molecule has 0 aliphatic carbocycles. The summed E-state index contributed by atoms with van der Waals surface area (Å²) in [6, 6.07) is 13.9. The molecule has 0 radical (unpaired) electrons. The Bertz CT molecular complexity index is 887. The highest BCUT2D eigenvalue weighted by Crippen LogP contribution is 2.43. The molecule has 0 bridgehead atoms. The number of benzene rings is 2. The second-order valence-electron chi connectivity index (χ2n) is 8.63. The van der Waals surface area contributed by atoms with Gasteiger partial charge in [0, 0.05) is 30.2 Å². The largest absolute Gasteiger partial charge is 0.341 e. The molecule has 2 aliphatic rings. The Kier molecular flexibility index (Phi) is 5.69. The van der Waals surface area contributed by atoms with Crippen molar-refractivity contribution < 1.29 is 4.79 Å². The SMILES string of the molecule is Cc1ccc2c(c1)CCN(C)C21CCN(C(=O)C(N)Cc2ccc(Cl)cc2)CC1. The Morgan fingerprint density at radius 3 is 2.52 bits per heavy atom. The number of piperidine rings is 1. The number of likely N-dealkylation sites (N-methyl/N-ethyl adjacent to an activating group) is 1. The molecule has 1 unspecified atom stereocenters. The molecule has 2 aromatic carbocycles. The predicted molar refractivity (Wildman–Crippen MR) is 118 cm³/mol. The van der Waals surface area contributed by atoms with E-state index in [2.05, 4.69) is 37.1 Å². The van der Waals surface area contributed by atoms with Gasteiger partial charge in [-0.1, -0.05) is 47.5 Å². The van der Waals surface area contributed by atoms with E-state index in [0.717, 1.165) is 44.5 Å². The lowest BCUT2D eigenvalue weighted by molar-refractivity contribution is -0.135. The summed E-state index contributed by atoms with van der Waals surface area (Å²) in [5.74, 6) is 0.0531. The average Bonchev–Trinajstić information content (AvgIpc) is 2.72. The van der Waals surface area contributed by atoms with Crippen LogP contribution in [0.15, 0.2) is 42.5 Å². The van der Waals surface area contributed by atoms with Crippen molar-refractivity contribution in [3.63, 3.8) is 0 Å². The Balaban J connectivity index is 1.45. The van der Waals surface area contributed by atoms with Crippen LogP contribution in [0.1, 0.15) is 35.1 Å². The van der Waals surface area contributed by atoms with Crippen molar-refractivity contribution >= 4 is 17.5 Å². The molecule has 1 atom stereocenters. The minimum atomic E-state index is -0.510. The summed E-state index contributed by atoms with van der Waals surface area (Å²) < 4.78 is 0. The maximum Gasteiger partial charge on any atom is 0.239 e. The monoisotopic (exact) mass is 411 g/mol. The number of likely N-dealkylation sites (tertiary alicyclic amines) is 1. The molecule has 0 saturated carbocycles. The van der Waals surface area contributed by atoms with E-state index in [0.29, 0.717) is 11.4 Å². The van der Waals surface area contributed by atoms with Crippen molar-refractivity contribution in [2.75, 3.05) is 26.7 Å². The molecule has 2 aliphatic heterocycles. The number of rotatable bonds is 3. The van der Waals surface area contributed by atoms with Gasteiger partial charge in [0.05, 0.1) is 6.04 Å². The van der Waals surface area contributed by atoms with E-state index in [4.69, 9.17) is 17.3 Å². The zero-order chi connectivity index (χ0) is 20.6. The molecule has 154 valence electrons. The summed E-state index contributed by atoms with van der Waals surface area (Å²) in [6.07, 6.45) is 3.56. The Morgan fingerprint density at radius 2 is 1.83 bits per heavy atom. The van der Waals surface area contributed by atoms with Gasteiger partial charge in [-0.3, -0.25) is 9.69 Å². The summed E-state index contributed by atoms with van der Waals surface area (Å²) in [7, 11) is 2.23. The molecule has 2 N–H and O–H groups in total. The summed E-state index contributed by atoms with van der Waals surface area (Å²) >= 11 is 5.95. The van der Waals surface area contributed by atoms with Gasteiger partial charge >= 0.3 is 0 Å². The normalized spacial score (nSPS) is 19.8. The van der Waals surface area contributed by atoms with Gasteiger partial charge in [-0.15, -0.1) is 0 Å². The summed E-state index contributed by atoms with van der Waals surface area (Å²) in [4.78, 5) is 17.4. The minimum Gasteiger partial charge on any atom is -0.341 e. The first-order valence-electron chi connectivity index (χ1n) is 10.5. The van der Waals surface area contributed by atoms with Crippen molar-refractivity contribution in [2.45, 2.75) is 44.2 Å². The summed E-state index contributed by atoms with van der Waals surface area (Å²) in [5.41, 5.74) is 11.6. The number of nitrogens with two attached hydrogens (primary N) is 1. The van der Waals surface area contributed by atoms with Gasteiger partial charge in [-0.2, -0.15) is 0 Å². The van der Waals surface area contributed by atoms with Crippen LogP contribution in [0.4, 0.5) is 0 Å². The van der Waals surface area contributed by atoms with E-state index in [1.54, 1.807) is 0 Å². The molecule has 4 rings (SSSR count). The molecular weight excluding hydrogens is 382 g/mol.